The van der Waals surface area contributed by atoms with Crippen molar-refractivity contribution in [2.24, 2.45) is 0 Å². The van der Waals surface area contributed by atoms with Crippen LogP contribution in [0.25, 0.3) is 0 Å². The molecule has 0 amide bonds. The highest BCUT2D eigenvalue weighted by Crippen LogP contribution is 2.25. The van der Waals surface area contributed by atoms with Crippen molar-refractivity contribution in [2.45, 2.75) is 51.7 Å². The van der Waals surface area contributed by atoms with E-state index in [0.717, 1.165) is 19.6 Å². The monoisotopic (exact) mass is 247 g/mol. The van der Waals surface area contributed by atoms with Gasteiger partial charge >= 0.3 is 0 Å². The maximum atomic E-state index is 5.80. The van der Waals surface area contributed by atoms with Crippen LogP contribution in [0.3, 0.4) is 0 Å². The Bertz CT molecular complexity index is 365. The third-order valence-corrected chi connectivity index (χ3v) is 3.97. The minimum atomic E-state index is 0.0393. The molecule has 1 aliphatic rings. The Balaban J connectivity index is 1.88. The normalized spacial score (nSPS) is 25.3. The molecule has 1 heterocycles. The van der Waals surface area contributed by atoms with E-state index in [2.05, 4.69) is 50.4 Å². The van der Waals surface area contributed by atoms with Crippen LogP contribution in [-0.4, -0.2) is 18.8 Å². The van der Waals surface area contributed by atoms with Crippen molar-refractivity contribution in [3.63, 3.8) is 0 Å². The lowest BCUT2D eigenvalue weighted by Crippen LogP contribution is -2.38. The molecule has 1 aromatic rings. The van der Waals surface area contributed by atoms with Gasteiger partial charge in [0, 0.05) is 19.2 Å². The topological polar surface area (TPSA) is 21.3 Å². The van der Waals surface area contributed by atoms with Crippen LogP contribution in [0.5, 0.6) is 0 Å². The first-order valence-corrected chi connectivity index (χ1v) is 7.09. The van der Waals surface area contributed by atoms with Gasteiger partial charge in [0.25, 0.3) is 0 Å². The maximum Gasteiger partial charge on any atom is 0.0779 e. The molecule has 0 aromatic heterocycles. The van der Waals surface area contributed by atoms with Crippen LogP contribution in [0.1, 0.15) is 50.8 Å². The second-order valence-corrected chi connectivity index (χ2v) is 5.60. The van der Waals surface area contributed by atoms with Crippen LogP contribution >= 0.6 is 0 Å². The number of nitrogens with one attached hydrogen (secondary N) is 1. The molecule has 0 bridgehead atoms. The number of hydrogen-bond acceptors (Lipinski definition) is 2. The van der Waals surface area contributed by atoms with Gasteiger partial charge in [0.2, 0.25) is 0 Å². The first kappa shape index (κ1) is 13.6. The standard InChI is InChI=1S/C16H25NO/c1-4-14-6-8-15(9-7-14)13(2)17-12-16(3)10-5-11-18-16/h6-9,13,17H,4-5,10-12H2,1-3H3. The van der Waals surface area contributed by atoms with Gasteiger partial charge < -0.3 is 10.1 Å². The zero-order valence-corrected chi connectivity index (χ0v) is 11.8. The molecule has 1 fully saturated rings. The average molecular weight is 247 g/mol. The second kappa shape index (κ2) is 5.85. The van der Waals surface area contributed by atoms with Gasteiger partial charge in [0.1, 0.15) is 0 Å². The van der Waals surface area contributed by atoms with Gasteiger partial charge in [0.05, 0.1) is 5.60 Å². The number of ether oxygens (including phenoxy) is 1. The average Bonchev–Trinajstić information content (AvgIpc) is 2.83. The Kier molecular flexibility index (Phi) is 4.41. The van der Waals surface area contributed by atoms with E-state index in [1.807, 2.05) is 0 Å². The molecule has 1 N–H and O–H groups in total. The smallest absolute Gasteiger partial charge is 0.0779 e. The van der Waals surface area contributed by atoms with Gasteiger partial charge in [-0.05, 0) is 44.2 Å². The summed E-state index contributed by atoms with van der Waals surface area (Å²) in [6.07, 6.45) is 3.47. The highest BCUT2D eigenvalue weighted by molar-refractivity contribution is 5.24. The van der Waals surface area contributed by atoms with Gasteiger partial charge in [-0.1, -0.05) is 31.2 Å². The molecule has 100 valence electrons. The molecule has 1 saturated heterocycles. The Morgan fingerprint density at radius 3 is 2.61 bits per heavy atom. The molecule has 0 spiro atoms. The molecule has 0 radical (unpaired) electrons. The predicted octanol–water partition coefficient (Wildman–Crippen LogP) is 3.47. The van der Waals surface area contributed by atoms with Gasteiger partial charge in [0.15, 0.2) is 0 Å². The van der Waals surface area contributed by atoms with Crippen molar-refractivity contribution in [1.82, 2.24) is 5.32 Å². The van der Waals surface area contributed by atoms with Crippen molar-refractivity contribution in [3.8, 4) is 0 Å². The van der Waals surface area contributed by atoms with E-state index >= 15 is 0 Å². The predicted molar refractivity (Wildman–Crippen MR) is 75.8 cm³/mol. The molecule has 1 aliphatic heterocycles. The third-order valence-electron chi connectivity index (χ3n) is 3.97. The van der Waals surface area contributed by atoms with Crippen molar-refractivity contribution in [2.75, 3.05) is 13.2 Å². The summed E-state index contributed by atoms with van der Waals surface area (Å²) in [5, 5.41) is 3.59. The van der Waals surface area contributed by atoms with Crippen LogP contribution in [-0.2, 0) is 11.2 Å². The quantitative estimate of drug-likeness (QED) is 0.860. The van der Waals surface area contributed by atoms with Gasteiger partial charge in [-0.2, -0.15) is 0 Å². The summed E-state index contributed by atoms with van der Waals surface area (Å²) >= 11 is 0. The summed E-state index contributed by atoms with van der Waals surface area (Å²) in [5.74, 6) is 0. The molecular formula is C16H25NO. The zero-order valence-electron chi connectivity index (χ0n) is 11.8. The fourth-order valence-electron chi connectivity index (χ4n) is 2.51. The van der Waals surface area contributed by atoms with Gasteiger partial charge in [-0.25, -0.2) is 0 Å². The van der Waals surface area contributed by atoms with Crippen LogP contribution in [0.15, 0.2) is 24.3 Å². The summed E-state index contributed by atoms with van der Waals surface area (Å²) in [4.78, 5) is 0. The SMILES string of the molecule is CCc1ccc(C(C)NCC2(C)CCCO2)cc1. The summed E-state index contributed by atoms with van der Waals surface area (Å²) in [6.45, 7) is 8.47. The van der Waals surface area contributed by atoms with Crippen LogP contribution in [0, 0.1) is 0 Å². The lowest BCUT2D eigenvalue weighted by molar-refractivity contribution is 0.0191. The van der Waals surface area contributed by atoms with Crippen molar-refractivity contribution in [3.05, 3.63) is 35.4 Å². The Labute approximate surface area is 111 Å². The molecular weight excluding hydrogens is 222 g/mol. The Morgan fingerprint density at radius 2 is 2.06 bits per heavy atom. The number of benzene rings is 1. The number of hydrogen-bond donors (Lipinski definition) is 1. The van der Waals surface area contributed by atoms with Crippen molar-refractivity contribution < 1.29 is 4.74 Å². The number of aryl methyl sites for hydroxylation is 1. The van der Waals surface area contributed by atoms with Crippen LogP contribution in [0.4, 0.5) is 0 Å². The van der Waals surface area contributed by atoms with E-state index in [0.29, 0.717) is 6.04 Å². The molecule has 2 nitrogen and oxygen atoms in total. The minimum absolute atomic E-state index is 0.0393. The lowest BCUT2D eigenvalue weighted by atomic mass is 10.0. The van der Waals surface area contributed by atoms with E-state index in [9.17, 15) is 0 Å². The van der Waals surface area contributed by atoms with E-state index in [4.69, 9.17) is 4.74 Å². The van der Waals surface area contributed by atoms with Gasteiger partial charge in [-0.15, -0.1) is 0 Å². The second-order valence-electron chi connectivity index (χ2n) is 5.60. The summed E-state index contributed by atoms with van der Waals surface area (Å²) in [5.41, 5.74) is 2.79. The Morgan fingerprint density at radius 1 is 1.33 bits per heavy atom. The molecule has 2 unspecified atom stereocenters. The third kappa shape index (κ3) is 3.33. The van der Waals surface area contributed by atoms with Crippen molar-refractivity contribution >= 4 is 0 Å². The minimum Gasteiger partial charge on any atom is -0.374 e. The summed E-state index contributed by atoms with van der Waals surface area (Å²) in [6, 6.07) is 9.29. The van der Waals surface area contributed by atoms with E-state index in [1.54, 1.807) is 0 Å². The van der Waals surface area contributed by atoms with Gasteiger partial charge in [-0.3, -0.25) is 0 Å². The molecule has 2 heteroatoms. The molecule has 2 rings (SSSR count). The van der Waals surface area contributed by atoms with E-state index in [1.165, 1.54) is 24.0 Å². The first-order chi connectivity index (χ1) is 8.63. The lowest BCUT2D eigenvalue weighted by Gasteiger charge is -2.26. The molecule has 2 atom stereocenters. The summed E-state index contributed by atoms with van der Waals surface area (Å²) in [7, 11) is 0. The zero-order chi connectivity index (χ0) is 13.0. The van der Waals surface area contributed by atoms with E-state index < -0.39 is 0 Å². The fourth-order valence-corrected chi connectivity index (χ4v) is 2.51. The summed E-state index contributed by atoms with van der Waals surface area (Å²) < 4.78 is 5.80. The maximum absolute atomic E-state index is 5.80. The molecule has 18 heavy (non-hydrogen) atoms. The van der Waals surface area contributed by atoms with Crippen molar-refractivity contribution in [1.29, 1.82) is 0 Å². The molecule has 0 aliphatic carbocycles. The first-order valence-electron chi connectivity index (χ1n) is 7.09. The fraction of sp³-hybridized carbons (Fsp3) is 0.625. The molecule has 1 aromatic carbocycles. The van der Waals surface area contributed by atoms with Crippen LogP contribution in [0.2, 0.25) is 0 Å². The highest BCUT2D eigenvalue weighted by atomic mass is 16.5. The largest absolute Gasteiger partial charge is 0.374 e. The van der Waals surface area contributed by atoms with Crippen LogP contribution < -0.4 is 5.32 Å². The van der Waals surface area contributed by atoms with E-state index in [-0.39, 0.29) is 5.60 Å². The highest BCUT2D eigenvalue weighted by Gasteiger charge is 2.29. The number of rotatable bonds is 5. The Hall–Kier alpha value is -0.860. The molecule has 0 saturated carbocycles.